The highest BCUT2D eigenvalue weighted by Gasteiger charge is 2.22. The van der Waals surface area contributed by atoms with Crippen molar-refractivity contribution in [2.45, 2.75) is 26.8 Å². The van der Waals surface area contributed by atoms with Crippen molar-refractivity contribution < 1.29 is 5.11 Å². The van der Waals surface area contributed by atoms with Gasteiger partial charge in [-0.25, -0.2) is 0 Å². The van der Waals surface area contributed by atoms with Gasteiger partial charge in [0.15, 0.2) is 0 Å². The second-order valence-electron chi connectivity index (χ2n) is 5.25. The van der Waals surface area contributed by atoms with Crippen LogP contribution in [-0.2, 0) is 6.54 Å². The molecule has 0 aromatic heterocycles. The standard InChI is InChI=1S/C14H20BrNO/c1-10-5-6-16(8-11(10)2)9-12-7-13(17)3-4-14(12)15/h3-4,7,10-11,17H,5-6,8-9H2,1-2H3. The molecule has 1 fully saturated rings. The van der Waals surface area contributed by atoms with E-state index >= 15 is 0 Å². The van der Waals surface area contributed by atoms with E-state index in [-0.39, 0.29) is 0 Å². The lowest BCUT2D eigenvalue weighted by molar-refractivity contribution is 0.132. The third-order valence-corrected chi connectivity index (χ3v) is 4.62. The fourth-order valence-electron chi connectivity index (χ4n) is 2.42. The van der Waals surface area contributed by atoms with Gasteiger partial charge in [0.2, 0.25) is 0 Å². The van der Waals surface area contributed by atoms with Crippen LogP contribution < -0.4 is 0 Å². The molecular formula is C14H20BrNO. The molecule has 2 rings (SSSR count). The lowest BCUT2D eigenvalue weighted by atomic mass is 9.88. The number of rotatable bonds is 2. The number of hydrogen-bond acceptors (Lipinski definition) is 2. The zero-order chi connectivity index (χ0) is 12.4. The molecule has 17 heavy (non-hydrogen) atoms. The molecule has 1 aliphatic rings. The van der Waals surface area contributed by atoms with E-state index in [0.29, 0.717) is 5.75 Å². The molecule has 1 aliphatic heterocycles. The lowest BCUT2D eigenvalue weighted by Crippen LogP contribution is -2.37. The van der Waals surface area contributed by atoms with Gasteiger partial charge in [0.25, 0.3) is 0 Å². The van der Waals surface area contributed by atoms with Gasteiger partial charge in [-0.15, -0.1) is 0 Å². The fourth-order valence-corrected chi connectivity index (χ4v) is 2.79. The summed E-state index contributed by atoms with van der Waals surface area (Å²) in [5.74, 6) is 1.94. The second kappa shape index (κ2) is 5.40. The number of aromatic hydroxyl groups is 1. The number of hydrogen-bond donors (Lipinski definition) is 1. The first-order chi connectivity index (χ1) is 8.06. The van der Waals surface area contributed by atoms with Gasteiger partial charge in [0, 0.05) is 17.6 Å². The molecule has 2 atom stereocenters. The number of piperidine rings is 1. The predicted molar refractivity (Wildman–Crippen MR) is 74.0 cm³/mol. The Morgan fingerprint density at radius 3 is 2.82 bits per heavy atom. The summed E-state index contributed by atoms with van der Waals surface area (Å²) in [6, 6.07) is 5.49. The third-order valence-electron chi connectivity index (χ3n) is 3.84. The Balaban J connectivity index is 2.03. The molecular weight excluding hydrogens is 278 g/mol. The molecule has 1 aromatic carbocycles. The lowest BCUT2D eigenvalue weighted by Gasteiger charge is -2.35. The van der Waals surface area contributed by atoms with Crippen LogP contribution in [0.4, 0.5) is 0 Å². The maximum atomic E-state index is 9.52. The first-order valence-corrected chi connectivity index (χ1v) is 7.05. The Hall–Kier alpha value is -0.540. The molecule has 2 nitrogen and oxygen atoms in total. The van der Waals surface area contributed by atoms with E-state index in [1.165, 1.54) is 12.0 Å². The molecule has 1 aromatic rings. The summed E-state index contributed by atoms with van der Waals surface area (Å²) >= 11 is 3.55. The van der Waals surface area contributed by atoms with Gasteiger partial charge in [-0.1, -0.05) is 29.8 Å². The Morgan fingerprint density at radius 1 is 1.35 bits per heavy atom. The summed E-state index contributed by atoms with van der Waals surface area (Å²) in [5, 5.41) is 9.52. The summed E-state index contributed by atoms with van der Waals surface area (Å²) in [6.07, 6.45) is 1.28. The summed E-state index contributed by atoms with van der Waals surface area (Å²) in [4.78, 5) is 2.48. The topological polar surface area (TPSA) is 23.5 Å². The number of phenols is 1. The van der Waals surface area contributed by atoms with E-state index in [4.69, 9.17) is 0 Å². The van der Waals surface area contributed by atoms with E-state index in [0.717, 1.165) is 35.9 Å². The van der Waals surface area contributed by atoms with Crippen molar-refractivity contribution in [3.8, 4) is 5.75 Å². The minimum Gasteiger partial charge on any atom is -0.508 e. The molecule has 2 unspecified atom stereocenters. The van der Waals surface area contributed by atoms with Gasteiger partial charge in [0.1, 0.15) is 5.75 Å². The van der Waals surface area contributed by atoms with Gasteiger partial charge in [0.05, 0.1) is 0 Å². The Labute approximate surface area is 112 Å². The highest BCUT2D eigenvalue weighted by atomic mass is 79.9. The molecule has 1 heterocycles. The van der Waals surface area contributed by atoms with Crippen LogP contribution in [-0.4, -0.2) is 23.1 Å². The van der Waals surface area contributed by atoms with Crippen LogP contribution in [0.15, 0.2) is 22.7 Å². The average Bonchev–Trinajstić information content (AvgIpc) is 2.29. The van der Waals surface area contributed by atoms with Crippen molar-refractivity contribution in [1.82, 2.24) is 4.90 Å². The summed E-state index contributed by atoms with van der Waals surface area (Å²) in [6.45, 7) is 7.91. The van der Waals surface area contributed by atoms with Gasteiger partial charge < -0.3 is 5.11 Å². The molecule has 0 amide bonds. The largest absolute Gasteiger partial charge is 0.508 e. The van der Waals surface area contributed by atoms with Crippen LogP contribution in [0.25, 0.3) is 0 Å². The van der Waals surface area contributed by atoms with Crippen molar-refractivity contribution in [3.63, 3.8) is 0 Å². The minimum absolute atomic E-state index is 0.349. The summed E-state index contributed by atoms with van der Waals surface area (Å²) in [5.41, 5.74) is 1.17. The van der Waals surface area contributed by atoms with E-state index in [2.05, 4.69) is 34.7 Å². The highest BCUT2D eigenvalue weighted by molar-refractivity contribution is 9.10. The number of nitrogens with zero attached hydrogens (tertiary/aromatic N) is 1. The van der Waals surface area contributed by atoms with E-state index in [1.807, 2.05) is 12.1 Å². The summed E-state index contributed by atoms with van der Waals surface area (Å²) in [7, 11) is 0. The molecule has 3 heteroatoms. The zero-order valence-electron chi connectivity index (χ0n) is 10.5. The van der Waals surface area contributed by atoms with Crippen LogP contribution in [0.3, 0.4) is 0 Å². The fraction of sp³-hybridized carbons (Fsp3) is 0.571. The molecule has 0 saturated carbocycles. The molecule has 1 saturated heterocycles. The van der Waals surface area contributed by atoms with Crippen LogP contribution in [0.1, 0.15) is 25.8 Å². The number of benzene rings is 1. The number of halogens is 1. The molecule has 0 spiro atoms. The molecule has 94 valence electrons. The van der Waals surface area contributed by atoms with Gasteiger partial charge in [-0.3, -0.25) is 4.90 Å². The quantitative estimate of drug-likeness (QED) is 0.901. The molecule has 0 radical (unpaired) electrons. The van der Waals surface area contributed by atoms with Crippen molar-refractivity contribution >= 4 is 15.9 Å². The van der Waals surface area contributed by atoms with Crippen molar-refractivity contribution in [2.24, 2.45) is 11.8 Å². The minimum atomic E-state index is 0.349. The van der Waals surface area contributed by atoms with Crippen LogP contribution in [0.5, 0.6) is 5.75 Å². The molecule has 1 N–H and O–H groups in total. The number of likely N-dealkylation sites (tertiary alicyclic amines) is 1. The highest BCUT2D eigenvalue weighted by Crippen LogP contribution is 2.27. The predicted octanol–water partition coefficient (Wildman–Crippen LogP) is 3.63. The first kappa shape index (κ1) is 12.9. The molecule has 0 aliphatic carbocycles. The zero-order valence-corrected chi connectivity index (χ0v) is 12.1. The van der Waals surface area contributed by atoms with Gasteiger partial charge in [-0.05, 0) is 48.6 Å². The van der Waals surface area contributed by atoms with E-state index in [1.54, 1.807) is 6.07 Å². The average molecular weight is 298 g/mol. The van der Waals surface area contributed by atoms with Crippen LogP contribution >= 0.6 is 15.9 Å². The Morgan fingerprint density at radius 2 is 2.12 bits per heavy atom. The third kappa shape index (κ3) is 3.23. The second-order valence-corrected chi connectivity index (χ2v) is 6.11. The van der Waals surface area contributed by atoms with Crippen molar-refractivity contribution in [3.05, 3.63) is 28.2 Å². The first-order valence-electron chi connectivity index (χ1n) is 6.26. The molecule has 0 bridgehead atoms. The van der Waals surface area contributed by atoms with Gasteiger partial charge >= 0.3 is 0 Å². The SMILES string of the molecule is CC1CCN(Cc2cc(O)ccc2Br)CC1C. The van der Waals surface area contributed by atoms with E-state index < -0.39 is 0 Å². The summed E-state index contributed by atoms with van der Waals surface area (Å²) < 4.78 is 1.08. The van der Waals surface area contributed by atoms with Crippen LogP contribution in [0.2, 0.25) is 0 Å². The Kier molecular flexibility index (Phi) is 4.10. The monoisotopic (exact) mass is 297 g/mol. The van der Waals surface area contributed by atoms with Crippen molar-refractivity contribution in [1.29, 1.82) is 0 Å². The van der Waals surface area contributed by atoms with Crippen LogP contribution in [0, 0.1) is 11.8 Å². The maximum Gasteiger partial charge on any atom is 0.115 e. The maximum absolute atomic E-state index is 9.52. The number of phenolic OH excluding ortho intramolecular Hbond substituents is 1. The van der Waals surface area contributed by atoms with E-state index in [9.17, 15) is 5.11 Å². The van der Waals surface area contributed by atoms with Gasteiger partial charge in [-0.2, -0.15) is 0 Å². The normalized spacial score (nSPS) is 26.1. The smallest absolute Gasteiger partial charge is 0.115 e. The van der Waals surface area contributed by atoms with Crippen molar-refractivity contribution in [2.75, 3.05) is 13.1 Å². The Bertz CT molecular complexity index is 394.